The summed E-state index contributed by atoms with van der Waals surface area (Å²) in [6, 6.07) is 11.0. The van der Waals surface area contributed by atoms with Crippen molar-refractivity contribution in [2.24, 2.45) is 0 Å². The zero-order valence-corrected chi connectivity index (χ0v) is 14.2. The summed E-state index contributed by atoms with van der Waals surface area (Å²) in [6.07, 6.45) is 0.403. The van der Waals surface area contributed by atoms with Crippen LogP contribution in [0.5, 0.6) is 5.75 Å². The van der Waals surface area contributed by atoms with Crippen molar-refractivity contribution in [1.29, 1.82) is 0 Å². The number of carbonyl (C=O) groups is 1. The topological polar surface area (TPSA) is 61.1 Å². The van der Waals surface area contributed by atoms with Gasteiger partial charge < -0.3 is 18.6 Å². The maximum Gasteiger partial charge on any atom is 0.412 e. The van der Waals surface area contributed by atoms with Crippen LogP contribution in [0, 0.1) is 0 Å². The molecule has 0 saturated heterocycles. The molecule has 0 fully saturated rings. The van der Waals surface area contributed by atoms with Crippen molar-refractivity contribution < 1.29 is 23.4 Å². The minimum absolute atomic E-state index is 0.272. The summed E-state index contributed by atoms with van der Waals surface area (Å²) in [5, 5.41) is 0. The van der Waals surface area contributed by atoms with Gasteiger partial charge in [-0.3, -0.25) is 4.90 Å². The lowest BCUT2D eigenvalue weighted by Crippen LogP contribution is -2.36. The highest BCUT2D eigenvalue weighted by atomic mass is 16.6. The molecular weight excluding hydrogens is 310 g/mol. The molecule has 1 aromatic heterocycles. The van der Waals surface area contributed by atoms with Crippen molar-refractivity contribution in [3.63, 3.8) is 0 Å². The molecule has 0 spiro atoms. The maximum atomic E-state index is 12.5. The van der Waals surface area contributed by atoms with Crippen LogP contribution in [0.15, 0.2) is 47.1 Å². The molecule has 0 bridgehead atoms. The fourth-order valence-electron chi connectivity index (χ4n) is 2.38. The fourth-order valence-corrected chi connectivity index (χ4v) is 2.38. The molecule has 0 aliphatic rings. The van der Waals surface area contributed by atoms with Gasteiger partial charge in [0.2, 0.25) is 0 Å². The van der Waals surface area contributed by atoms with Gasteiger partial charge in [0.05, 0.1) is 26.5 Å². The van der Waals surface area contributed by atoms with Gasteiger partial charge in [-0.05, 0) is 32.0 Å². The molecule has 2 rings (SSSR count). The number of hydrogen-bond acceptors (Lipinski definition) is 5. The number of hydrogen-bond donors (Lipinski definition) is 0. The lowest BCUT2D eigenvalue weighted by Gasteiger charge is -2.29. The van der Waals surface area contributed by atoms with Crippen LogP contribution in [0.4, 0.5) is 4.79 Å². The Morgan fingerprint density at radius 2 is 1.96 bits per heavy atom. The van der Waals surface area contributed by atoms with Gasteiger partial charge in [-0.15, -0.1) is 0 Å². The molecule has 24 heavy (non-hydrogen) atoms. The van der Waals surface area contributed by atoms with E-state index in [1.54, 1.807) is 32.4 Å². The van der Waals surface area contributed by atoms with E-state index in [4.69, 9.17) is 18.6 Å². The van der Waals surface area contributed by atoms with Crippen molar-refractivity contribution in [3.05, 3.63) is 54.0 Å². The number of ether oxygens (including phenoxy) is 3. The summed E-state index contributed by atoms with van der Waals surface area (Å²) < 4.78 is 21.8. The molecule has 6 heteroatoms. The molecule has 6 nitrogen and oxygen atoms in total. The molecular formula is C18H23NO5. The highest BCUT2D eigenvalue weighted by molar-refractivity contribution is 5.68. The molecule has 1 amide bonds. The van der Waals surface area contributed by atoms with Crippen LogP contribution in [0.1, 0.15) is 31.4 Å². The first-order valence-corrected chi connectivity index (χ1v) is 7.91. The minimum Gasteiger partial charge on any atom is -0.496 e. The van der Waals surface area contributed by atoms with E-state index in [1.807, 2.05) is 31.2 Å². The Morgan fingerprint density at radius 1 is 1.17 bits per heavy atom. The third-order valence-electron chi connectivity index (χ3n) is 3.43. The highest BCUT2D eigenvalue weighted by Crippen LogP contribution is 2.28. The molecule has 0 aliphatic heterocycles. The quantitative estimate of drug-likeness (QED) is 0.684. The van der Waals surface area contributed by atoms with E-state index < -0.39 is 12.3 Å². The van der Waals surface area contributed by atoms with Gasteiger partial charge in [0.15, 0.2) is 12.0 Å². The van der Waals surface area contributed by atoms with Crippen LogP contribution < -0.4 is 4.74 Å². The van der Waals surface area contributed by atoms with E-state index in [9.17, 15) is 4.79 Å². The third-order valence-corrected chi connectivity index (χ3v) is 3.43. The third kappa shape index (κ3) is 4.29. The number of carbonyl (C=O) groups excluding carboxylic acids is 1. The Labute approximate surface area is 141 Å². The standard InChI is InChI=1S/C18H23NO5/c1-4-22-17(16-11-8-12-24-16)19(18(20)23-5-2)13-14-9-6-7-10-15(14)21-3/h6-12,17H,4-5,13H2,1-3H3. The van der Waals surface area contributed by atoms with E-state index in [0.29, 0.717) is 18.1 Å². The monoisotopic (exact) mass is 333 g/mol. The second kappa shape index (κ2) is 8.98. The predicted molar refractivity (Wildman–Crippen MR) is 88.6 cm³/mol. The summed E-state index contributed by atoms with van der Waals surface area (Å²) in [5.41, 5.74) is 0.851. The van der Waals surface area contributed by atoms with E-state index in [1.165, 1.54) is 4.90 Å². The summed E-state index contributed by atoms with van der Waals surface area (Å²) >= 11 is 0. The van der Waals surface area contributed by atoms with Crippen molar-refractivity contribution in [1.82, 2.24) is 4.90 Å². The molecule has 1 heterocycles. The number of para-hydroxylation sites is 1. The van der Waals surface area contributed by atoms with Crippen LogP contribution in [0.2, 0.25) is 0 Å². The molecule has 0 saturated carbocycles. The maximum absolute atomic E-state index is 12.5. The van der Waals surface area contributed by atoms with Crippen molar-refractivity contribution in [2.45, 2.75) is 26.6 Å². The number of amides is 1. The van der Waals surface area contributed by atoms with Crippen molar-refractivity contribution in [2.75, 3.05) is 20.3 Å². The lowest BCUT2D eigenvalue weighted by atomic mass is 10.2. The first-order valence-electron chi connectivity index (χ1n) is 7.91. The Morgan fingerprint density at radius 3 is 2.58 bits per heavy atom. The van der Waals surface area contributed by atoms with Crippen LogP contribution in [0.3, 0.4) is 0 Å². The fraction of sp³-hybridized carbons (Fsp3) is 0.389. The number of methoxy groups -OCH3 is 1. The van der Waals surface area contributed by atoms with Gasteiger partial charge in [0.1, 0.15) is 5.75 Å². The van der Waals surface area contributed by atoms with E-state index in [2.05, 4.69) is 0 Å². The van der Waals surface area contributed by atoms with Gasteiger partial charge in [0, 0.05) is 12.2 Å². The van der Waals surface area contributed by atoms with Crippen molar-refractivity contribution >= 4 is 6.09 Å². The lowest BCUT2D eigenvalue weighted by molar-refractivity contribution is -0.0662. The summed E-state index contributed by atoms with van der Waals surface area (Å²) in [7, 11) is 1.60. The van der Waals surface area contributed by atoms with Crippen LogP contribution in [0.25, 0.3) is 0 Å². The Hall–Kier alpha value is -2.47. The minimum atomic E-state index is -0.672. The van der Waals surface area contributed by atoms with Crippen LogP contribution in [-0.4, -0.2) is 31.3 Å². The average molecular weight is 333 g/mol. The van der Waals surface area contributed by atoms with E-state index in [0.717, 1.165) is 5.56 Å². The Bertz CT molecular complexity index is 626. The smallest absolute Gasteiger partial charge is 0.412 e. The molecule has 130 valence electrons. The molecule has 1 aromatic carbocycles. The van der Waals surface area contributed by atoms with Crippen LogP contribution >= 0.6 is 0 Å². The zero-order valence-electron chi connectivity index (χ0n) is 14.2. The molecule has 2 aromatic rings. The molecule has 1 unspecified atom stereocenters. The summed E-state index contributed by atoms with van der Waals surface area (Å²) in [4.78, 5) is 14.0. The first kappa shape index (κ1) is 17.9. The number of furan rings is 1. The SMILES string of the molecule is CCOC(=O)N(Cc1ccccc1OC)C(OCC)c1ccco1. The normalized spacial score (nSPS) is 11.8. The van der Waals surface area contributed by atoms with E-state index in [-0.39, 0.29) is 13.2 Å². The zero-order chi connectivity index (χ0) is 17.4. The number of benzene rings is 1. The summed E-state index contributed by atoms with van der Waals surface area (Å²) in [6.45, 7) is 4.60. The molecule has 0 N–H and O–H groups in total. The Kier molecular flexibility index (Phi) is 6.69. The largest absolute Gasteiger partial charge is 0.496 e. The van der Waals surface area contributed by atoms with Gasteiger partial charge in [-0.1, -0.05) is 18.2 Å². The molecule has 0 aliphatic carbocycles. The second-order valence-electron chi connectivity index (χ2n) is 4.96. The van der Waals surface area contributed by atoms with Crippen molar-refractivity contribution in [3.8, 4) is 5.75 Å². The van der Waals surface area contributed by atoms with Gasteiger partial charge in [0.25, 0.3) is 0 Å². The predicted octanol–water partition coefficient (Wildman–Crippen LogP) is 3.98. The second-order valence-corrected chi connectivity index (χ2v) is 4.96. The summed E-state index contributed by atoms with van der Waals surface area (Å²) in [5.74, 6) is 1.24. The number of rotatable bonds is 8. The van der Waals surface area contributed by atoms with Crippen LogP contribution in [-0.2, 0) is 16.0 Å². The highest BCUT2D eigenvalue weighted by Gasteiger charge is 2.29. The van der Waals surface area contributed by atoms with E-state index >= 15 is 0 Å². The first-order chi connectivity index (χ1) is 11.7. The van der Waals surface area contributed by atoms with Gasteiger partial charge in [-0.2, -0.15) is 0 Å². The van der Waals surface area contributed by atoms with Gasteiger partial charge in [-0.25, -0.2) is 4.79 Å². The molecule has 0 radical (unpaired) electrons. The van der Waals surface area contributed by atoms with Gasteiger partial charge >= 0.3 is 6.09 Å². The Balaban J connectivity index is 2.34. The average Bonchev–Trinajstić information content (AvgIpc) is 3.12. The number of nitrogens with zero attached hydrogens (tertiary/aromatic N) is 1. The molecule has 1 atom stereocenters.